The molecule has 126 valence electrons. The average Bonchev–Trinajstić information content (AvgIpc) is 3.07. The number of sulfonamides is 1. The van der Waals surface area contributed by atoms with Gasteiger partial charge in [-0.15, -0.1) is 0 Å². The molecule has 1 aliphatic heterocycles. The highest BCUT2D eigenvalue weighted by molar-refractivity contribution is 7.92. The minimum absolute atomic E-state index is 0.294. The number of nitrogens with two attached hydrogens (primary N) is 1. The van der Waals surface area contributed by atoms with Crippen LogP contribution >= 0.6 is 0 Å². The van der Waals surface area contributed by atoms with Gasteiger partial charge >= 0.3 is 0 Å². The predicted molar refractivity (Wildman–Crippen MR) is 101 cm³/mol. The minimum atomic E-state index is -3.56. The summed E-state index contributed by atoms with van der Waals surface area (Å²) in [5, 5.41) is 0. The SMILES string of the molecule is Nc1ccccc1-c1ccc(S(=O)(=O)N2CCc3ccccc32)cc1. The zero-order valence-electron chi connectivity index (χ0n) is 13.6. The summed E-state index contributed by atoms with van der Waals surface area (Å²) >= 11 is 0. The first-order chi connectivity index (χ1) is 12.1. The molecule has 0 saturated heterocycles. The molecule has 0 unspecified atom stereocenters. The van der Waals surface area contributed by atoms with Crippen LogP contribution in [0.15, 0.2) is 77.7 Å². The van der Waals surface area contributed by atoms with E-state index in [1.54, 1.807) is 24.3 Å². The monoisotopic (exact) mass is 350 g/mol. The first kappa shape index (κ1) is 15.7. The maximum Gasteiger partial charge on any atom is 0.264 e. The summed E-state index contributed by atoms with van der Waals surface area (Å²) < 4.78 is 27.5. The number of fused-ring (bicyclic) bond motifs is 1. The van der Waals surface area contributed by atoms with Crippen molar-refractivity contribution in [2.45, 2.75) is 11.3 Å². The summed E-state index contributed by atoms with van der Waals surface area (Å²) in [6.45, 7) is 0.481. The number of benzene rings is 3. The molecule has 4 rings (SSSR count). The molecule has 3 aromatic rings. The van der Waals surface area contributed by atoms with Crippen LogP contribution in [0.25, 0.3) is 11.1 Å². The molecular weight excluding hydrogens is 332 g/mol. The second-order valence-electron chi connectivity index (χ2n) is 6.07. The van der Waals surface area contributed by atoms with Crippen LogP contribution in [0.5, 0.6) is 0 Å². The molecule has 4 nitrogen and oxygen atoms in total. The van der Waals surface area contributed by atoms with Crippen molar-refractivity contribution in [1.29, 1.82) is 0 Å². The molecule has 3 aromatic carbocycles. The van der Waals surface area contributed by atoms with Gasteiger partial charge in [0.15, 0.2) is 0 Å². The Morgan fingerprint density at radius 2 is 1.52 bits per heavy atom. The molecule has 25 heavy (non-hydrogen) atoms. The third kappa shape index (κ3) is 2.66. The number of nitrogens with zero attached hydrogens (tertiary/aromatic N) is 1. The van der Waals surface area contributed by atoms with Gasteiger partial charge in [-0.25, -0.2) is 8.42 Å². The van der Waals surface area contributed by atoms with Crippen LogP contribution in [0.3, 0.4) is 0 Å². The molecule has 0 aromatic heterocycles. The first-order valence-electron chi connectivity index (χ1n) is 8.13. The highest BCUT2D eigenvalue weighted by Gasteiger charge is 2.30. The number of nitrogen functional groups attached to an aromatic ring is 1. The largest absolute Gasteiger partial charge is 0.398 e. The van der Waals surface area contributed by atoms with E-state index >= 15 is 0 Å². The van der Waals surface area contributed by atoms with E-state index in [0.29, 0.717) is 17.1 Å². The molecule has 0 amide bonds. The zero-order valence-corrected chi connectivity index (χ0v) is 14.4. The summed E-state index contributed by atoms with van der Waals surface area (Å²) in [6, 6.07) is 22.1. The molecule has 1 aliphatic rings. The van der Waals surface area contributed by atoms with Crippen molar-refractivity contribution in [2.75, 3.05) is 16.6 Å². The normalized spacial score (nSPS) is 13.7. The summed E-state index contributed by atoms with van der Waals surface area (Å²) in [5.74, 6) is 0. The van der Waals surface area contributed by atoms with E-state index in [1.165, 1.54) is 4.31 Å². The van der Waals surface area contributed by atoms with E-state index in [-0.39, 0.29) is 0 Å². The minimum Gasteiger partial charge on any atom is -0.398 e. The number of para-hydroxylation sites is 2. The molecule has 5 heteroatoms. The average molecular weight is 350 g/mol. The molecule has 0 bridgehead atoms. The van der Waals surface area contributed by atoms with E-state index in [4.69, 9.17) is 5.73 Å². The lowest BCUT2D eigenvalue weighted by Crippen LogP contribution is -2.29. The number of hydrogen-bond acceptors (Lipinski definition) is 3. The lowest BCUT2D eigenvalue weighted by Gasteiger charge is -2.19. The lowest BCUT2D eigenvalue weighted by molar-refractivity contribution is 0.592. The smallest absolute Gasteiger partial charge is 0.264 e. The van der Waals surface area contributed by atoms with Gasteiger partial charge < -0.3 is 5.73 Å². The van der Waals surface area contributed by atoms with Gasteiger partial charge in [-0.3, -0.25) is 4.31 Å². The summed E-state index contributed by atoms with van der Waals surface area (Å²) in [7, 11) is -3.56. The number of anilines is 2. The van der Waals surface area contributed by atoms with Gasteiger partial charge in [-0.2, -0.15) is 0 Å². The molecule has 0 spiro atoms. The van der Waals surface area contributed by atoms with Crippen molar-refractivity contribution in [2.24, 2.45) is 0 Å². The Bertz CT molecular complexity index is 1030. The Balaban J connectivity index is 1.70. The van der Waals surface area contributed by atoms with Crippen LogP contribution < -0.4 is 10.0 Å². The molecular formula is C20H18N2O2S. The van der Waals surface area contributed by atoms with Crippen molar-refractivity contribution in [3.8, 4) is 11.1 Å². The summed E-state index contributed by atoms with van der Waals surface area (Å²) in [4.78, 5) is 0.294. The Morgan fingerprint density at radius 3 is 2.28 bits per heavy atom. The Hall–Kier alpha value is -2.79. The summed E-state index contributed by atoms with van der Waals surface area (Å²) in [6.07, 6.45) is 0.744. The van der Waals surface area contributed by atoms with Gasteiger partial charge in [0.1, 0.15) is 0 Å². The Labute approximate surface area is 147 Å². The van der Waals surface area contributed by atoms with Crippen LogP contribution in [-0.4, -0.2) is 15.0 Å². The van der Waals surface area contributed by atoms with Gasteiger partial charge in [0.25, 0.3) is 10.0 Å². The molecule has 2 N–H and O–H groups in total. The fourth-order valence-electron chi connectivity index (χ4n) is 3.25. The molecule has 0 atom stereocenters. The topological polar surface area (TPSA) is 63.4 Å². The molecule has 0 aliphatic carbocycles. The predicted octanol–water partition coefficient (Wildman–Crippen LogP) is 3.69. The summed E-state index contributed by atoms with van der Waals surface area (Å²) in [5.41, 5.74) is 10.3. The van der Waals surface area contributed by atoms with Gasteiger partial charge in [0.05, 0.1) is 10.6 Å². The molecule has 0 fully saturated rings. The van der Waals surface area contributed by atoms with E-state index in [9.17, 15) is 8.42 Å². The maximum absolute atomic E-state index is 13.0. The second kappa shape index (κ2) is 5.93. The van der Waals surface area contributed by atoms with E-state index in [2.05, 4.69) is 0 Å². The standard InChI is InChI=1S/C20H18N2O2S/c21-19-7-3-2-6-18(19)15-9-11-17(12-10-15)25(23,24)22-14-13-16-5-1-4-8-20(16)22/h1-12H,13-14,21H2. The highest BCUT2D eigenvalue weighted by atomic mass is 32.2. The van der Waals surface area contributed by atoms with Crippen LogP contribution in [0.2, 0.25) is 0 Å². The van der Waals surface area contributed by atoms with Crippen LogP contribution in [0.4, 0.5) is 11.4 Å². The van der Waals surface area contributed by atoms with Crippen LogP contribution in [0.1, 0.15) is 5.56 Å². The van der Waals surface area contributed by atoms with Gasteiger partial charge in [-0.05, 0) is 41.8 Å². The van der Waals surface area contributed by atoms with Crippen molar-refractivity contribution in [1.82, 2.24) is 0 Å². The van der Waals surface area contributed by atoms with E-state index < -0.39 is 10.0 Å². The molecule has 0 saturated carbocycles. The molecule has 1 heterocycles. The van der Waals surface area contributed by atoms with Crippen LogP contribution in [-0.2, 0) is 16.4 Å². The van der Waals surface area contributed by atoms with Gasteiger partial charge in [0.2, 0.25) is 0 Å². The first-order valence-corrected chi connectivity index (χ1v) is 9.57. The second-order valence-corrected chi connectivity index (χ2v) is 7.93. The number of rotatable bonds is 3. The number of hydrogen-bond donors (Lipinski definition) is 1. The van der Waals surface area contributed by atoms with E-state index in [0.717, 1.165) is 28.8 Å². The fraction of sp³-hybridized carbons (Fsp3) is 0.100. The highest BCUT2D eigenvalue weighted by Crippen LogP contribution is 2.33. The zero-order chi connectivity index (χ0) is 17.4. The fourth-order valence-corrected chi connectivity index (χ4v) is 4.75. The third-order valence-electron chi connectivity index (χ3n) is 4.56. The van der Waals surface area contributed by atoms with Crippen molar-refractivity contribution in [3.05, 3.63) is 78.4 Å². The van der Waals surface area contributed by atoms with Crippen molar-refractivity contribution >= 4 is 21.4 Å². The Kier molecular flexibility index (Phi) is 3.73. The maximum atomic E-state index is 13.0. The Morgan fingerprint density at radius 1 is 0.840 bits per heavy atom. The van der Waals surface area contributed by atoms with E-state index in [1.807, 2.05) is 48.5 Å². The van der Waals surface area contributed by atoms with Gasteiger partial charge in [0, 0.05) is 17.8 Å². The molecule has 0 radical (unpaired) electrons. The quantitative estimate of drug-likeness (QED) is 0.733. The third-order valence-corrected chi connectivity index (χ3v) is 6.39. The lowest BCUT2D eigenvalue weighted by atomic mass is 10.0. The van der Waals surface area contributed by atoms with Crippen molar-refractivity contribution in [3.63, 3.8) is 0 Å². The van der Waals surface area contributed by atoms with Crippen molar-refractivity contribution < 1.29 is 8.42 Å². The van der Waals surface area contributed by atoms with Crippen LogP contribution in [0, 0.1) is 0 Å². The van der Waals surface area contributed by atoms with Gasteiger partial charge in [-0.1, -0.05) is 48.5 Å².